The van der Waals surface area contributed by atoms with Crippen LogP contribution in [-0.4, -0.2) is 66.1 Å². The van der Waals surface area contributed by atoms with Gasteiger partial charge in [0, 0.05) is 44.7 Å². The van der Waals surface area contributed by atoms with Crippen LogP contribution in [0.3, 0.4) is 0 Å². The summed E-state index contributed by atoms with van der Waals surface area (Å²) in [6.45, 7) is 6.18. The highest BCUT2D eigenvalue weighted by atomic mass is 16.1. The standard InChI is InChI=1S/C23H38N6O/c30-23(24-11-15-28-12-3-1-2-4-13-28)10-7-19-6-5-14-29(17-19)22-16-21(25-18-26-22)27-20-8-9-20/h16,18-20H,1-15,17H2,(H,24,30)(H,25,26,27)/t19-/m1/s1. The number of piperidine rings is 1. The molecule has 1 aliphatic carbocycles. The maximum atomic E-state index is 12.3. The van der Waals surface area contributed by atoms with Gasteiger partial charge in [-0.3, -0.25) is 4.79 Å². The van der Waals surface area contributed by atoms with Crippen molar-refractivity contribution in [3.8, 4) is 0 Å². The van der Waals surface area contributed by atoms with Gasteiger partial charge in [0.25, 0.3) is 0 Å². The van der Waals surface area contributed by atoms with Gasteiger partial charge in [-0.05, 0) is 64.0 Å². The predicted molar refractivity (Wildman–Crippen MR) is 121 cm³/mol. The fourth-order valence-corrected chi connectivity index (χ4v) is 4.68. The van der Waals surface area contributed by atoms with Gasteiger partial charge >= 0.3 is 0 Å². The third kappa shape index (κ3) is 6.83. The topological polar surface area (TPSA) is 73.4 Å². The number of nitrogens with zero attached hydrogens (tertiary/aromatic N) is 4. The van der Waals surface area contributed by atoms with E-state index in [1.807, 2.05) is 0 Å². The molecule has 1 aromatic rings. The van der Waals surface area contributed by atoms with Crippen molar-refractivity contribution >= 4 is 17.5 Å². The first-order valence-corrected chi connectivity index (χ1v) is 12.1. The van der Waals surface area contributed by atoms with Crippen molar-refractivity contribution in [2.24, 2.45) is 5.92 Å². The lowest BCUT2D eigenvalue weighted by molar-refractivity contribution is -0.121. The van der Waals surface area contributed by atoms with Crippen LogP contribution in [0.2, 0.25) is 0 Å². The van der Waals surface area contributed by atoms with Crippen molar-refractivity contribution in [2.75, 3.05) is 49.5 Å². The van der Waals surface area contributed by atoms with E-state index in [0.29, 0.717) is 18.4 Å². The summed E-state index contributed by atoms with van der Waals surface area (Å²) in [4.78, 5) is 26.1. The highest BCUT2D eigenvalue weighted by molar-refractivity contribution is 5.75. The van der Waals surface area contributed by atoms with Crippen molar-refractivity contribution in [1.82, 2.24) is 20.2 Å². The summed E-state index contributed by atoms with van der Waals surface area (Å²) in [6.07, 6.45) is 13.4. The fraction of sp³-hybridized carbons (Fsp3) is 0.783. The summed E-state index contributed by atoms with van der Waals surface area (Å²) in [5, 5.41) is 6.60. The Morgan fingerprint density at radius 2 is 1.87 bits per heavy atom. The van der Waals surface area contributed by atoms with Crippen LogP contribution in [0.25, 0.3) is 0 Å². The molecule has 4 rings (SSSR count). The molecule has 1 aromatic heterocycles. The first-order chi connectivity index (χ1) is 14.8. The minimum absolute atomic E-state index is 0.208. The molecule has 166 valence electrons. The zero-order chi connectivity index (χ0) is 20.6. The van der Waals surface area contributed by atoms with Gasteiger partial charge < -0.3 is 20.4 Å². The van der Waals surface area contributed by atoms with Crippen LogP contribution >= 0.6 is 0 Å². The van der Waals surface area contributed by atoms with E-state index in [0.717, 1.165) is 50.7 Å². The van der Waals surface area contributed by atoms with Gasteiger partial charge in [-0.2, -0.15) is 0 Å². The van der Waals surface area contributed by atoms with E-state index >= 15 is 0 Å². The first-order valence-electron chi connectivity index (χ1n) is 12.1. The van der Waals surface area contributed by atoms with E-state index in [1.54, 1.807) is 6.33 Å². The first kappa shape index (κ1) is 21.3. The normalized spacial score (nSPS) is 23.1. The van der Waals surface area contributed by atoms with Crippen LogP contribution in [-0.2, 0) is 4.79 Å². The van der Waals surface area contributed by atoms with E-state index in [1.165, 1.54) is 58.0 Å². The molecule has 3 aliphatic rings. The summed E-state index contributed by atoms with van der Waals surface area (Å²) in [5.74, 6) is 2.72. The van der Waals surface area contributed by atoms with Crippen molar-refractivity contribution in [3.63, 3.8) is 0 Å². The monoisotopic (exact) mass is 414 g/mol. The van der Waals surface area contributed by atoms with Gasteiger partial charge in [-0.15, -0.1) is 0 Å². The Morgan fingerprint density at radius 3 is 2.67 bits per heavy atom. The molecule has 3 fully saturated rings. The van der Waals surface area contributed by atoms with Crippen LogP contribution in [0.4, 0.5) is 11.6 Å². The van der Waals surface area contributed by atoms with E-state index in [9.17, 15) is 4.79 Å². The molecule has 1 amide bonds. The van der Waals surface area contributed by atoms with Gasteiger partial charge in [0.15, 0.2) is 0 Å². The van der Waals surface area contributed by atoms with Gasteiger partial charge in [-0.1, -0.05) is 12.8 Å². The molecular formula is C23H38N6O. The molecular weight excluding hydrogens is 376 g/mol. The van der Waals surface area contributed by atoms with E-state index < -0.39 is 0 Å². The van der Waals surface area contributed by atoms with Gasteiger partial charge in [0.2, 0.25) is 5.91 Å². The SMILES string of the molecule is O=C(CC[C@H]1CCCN(c2cc(NC3CC3)ncn2)C1)NCCN1CCCCCC1. The number of hydrogen-bond acceptors (Lipinski definition) is 6. The summed E-state index contributed by atoms with van der Waals surface area (Å²) in [6, 6.07) is 2.68. The summed E-state index contributed by atoms with van der Waals surface area (Å²) < 4.78 is 0. The molecule has 0 radical (unpaired) electrons. The zero-order valence-corrected chi connectivity index (χ0v) is 18.3. The third-order valence-corrected chi connectivity index (χ3v) is 6.65. The molecule has 0 bridgehead atoms. The number of likely N-dealkylation sites (tertiary alicyclic amines) is 1. The van der Waals surface area contributed by atoms with Crippen molar-refractivity contribution in [3.05, 3.63) is 12.4 Å². The molecule has 3 heterocycles. The van der Waals surface area contributed by atoms with Crippen molar-refractivity contribution in [1.29, 1.82) is 0 Å². The number of carbonyl (C=O) groups is 1. The largest absolute Gasteiger partial charge is 0.367 e. The Labute approximate surface area is 181 Å². The predicted octanol–water partition coefficient (Wildman–Crippen LogP) is 3.04. The highest BCUT2D eigenvalue weighted by Gasteiger charge is 2.24. The molecule has 2 aliphatic heterocycles. The van der Waals surface area contributed by atoms with E-state index in [4.69, 9.17) is 0 Å². The second-order valence-electron chi connectivity index (χ2n) is 9.28. The molecule has 30 heavy (non-hydrogen) atoms. The Balaban J connectivity index is 1.16. The number of carbonyl (C=O) groups excluding carboxylic acids is 1. The molecule has 2 N–H and O–H groups in total. The number of amides is 1. The molecule has 2 saturated heterocycles. The number of aromatic nitrogens is 2. The van der Waals surface area contributed by atoms with Crippen LogP contribution in [0, 0.1) is 5.92 Å². The second kappa shape index (κ2) is 10.9. The Hall–Kier alpha value is -1.89. The minimum Gasteiger partial charge on any atom is -0.367 e. The van der Waals surface area contributed by atoms with Crippen LogP contribution in [0.1, 0.15) is 64.2 Å². The lowest BCUT2D eigenvalue weighted by atomic mass is 9.93. The number of hydrogen-bond donors (Lipinski definition) is 2. The molecule has 1 saturated carbocycles. The molecule has 7 nitrogen and oxygen atoms in total. The maximum absolute atomic E-state index is 12.3. The average molecular weight is 415 g/mol. The summed E-state index contributed by atoms with van der Waals surface area (Å²) in [5.41, 5.74) is 0. The fourth-order valence-electron chi connectivity index (χ4n) is 4.68. The second-order valence-corrected chi connectivity index (χ2v) is 9.28. The van der Waals surface area contributed by atoms with Crippen LogP contribution in [0.15, 0.2) is 12.4 Å². The molecule has 0 aromatic carbocycles. The van der Waals surface area contributed by atoms with Gasteiger partial charge in [-0.25, -0.2) is 9.97 Å². The smallest absolute Gasteiger partial charge is 0.220 e. The number of rotatable bonds is 9. The number of anilines is 2. The van der Waals surface area contributed by atoms with E-state index in [2.05, 4.69) is 36.5 Å². The summed E-state index contributed by atoms with van der Waals surface area (Å²) >= 11 is 0. The van der Waals surface area contributed by atoms with Crippen molar-refractivity contribution in [2.45, 2.75) is 70.3 Å². The molecule has 7 heteroatoms. The third-order valence-electron chi connectivity index (χ3n) is 6.65. The van der Waals surface area contributed by atoms with E-state index in [-0.39, 0.29) is 5.91 Å². The maximum Gasteiger partial charge on any atom is 0.220 e. The highest BCUT2D eigenvalue weighted by Crippen LogP contribution is 2.27. The molecule has 1 atom stereocenters. The lowest BCUT2D eigenvalue weighted by Crippen LogP contribution is -2.37. The van der Waals surface area contributed by atoms with Crippen molar-refractivity contribution < 1.29 is 4.79 Å². The lowest BCUT2D eigenvalue weighted by Gasteiger charge is -2.33. The quantitative estimate of drug-likeness (QED) is 0.647. The summed E-state index contributed by atoms with van der Waals surface area (Å²) in [7, 11) is 0. The number of nitrogens with one attached hydrogen (secondary N) is 2. The molecule has 0 spiro atoms. The Bertz CT molecular complexity index is 671. The molecule has 0 unspecified atom stereocenters. The Kier molecular flexibility index (Phi) is 7.78. The van der Waals surface area contributed by atoms with Gasteiger partial charge in [0.1, 0.15) is 18.0 Å². The minimum atomic E-state index is 0.208. The average Bonchev–Trinajstić information content (AvgIpc) is 3.61. The Morgan fingerprint density at radius 1 is 1.03 bits per heavy atom. The van der Waals surface area contributed by atoms with Crippen LogP contribution < -0.4 is 15.5 Å². The zero-order valence-electron chi connectivity index (χ0n) is 18.3. The van der Waals surface area contributed by atoms with Crippen LogP contribution in [0.5, 0.6) is 0 Å². The van der Waals surface area contributed by atoms with Gasteiger partial charge in [0.05, 0.1) is 0 Å².